The number of esters is 1. The molecule has 34 heavy (non-hydrogen) atoms. The lowest BCUT2D eigenvalue weighted by molar-refractivity contribution is 0.0404. The number of ether oxygens (including phenoxy) is 2. The molecule has 1 atom stereocenters. The quantitative estimate of drug-likeness (QED) is 0.576. The summed E-state index contributed by atoms with van der Waals surface area (Å²) in [6, 6.07) is 6.85. The van der Waals surface area contributed by atoms with Crippen LogP contribution in [0.4, 0.5) is 0 Å². The Bertz CT molecular complexity index is 1070. The fourth-order valence-electron chi connectivity index (χ4n) is 4.19. The Morgan fingerprint density at radius 3 is 2.47 bits per heavy atom. The minimum atomic E-state index is -0.590. The van der Waals surface area contributed by atoms with Crippen molar-refractivity contribution < 1.29 is 23.9 Å². The van der Waals surface area contributed by atoms with Crippen LogP contribution < -0.4 is 4.74 Å². The molecule has 1 aromatic carbocycles. The molecule has 1 aliphatic rings. The lowest BCUT2D eigenvalue weighted by atomic mass is 10.0. The molecule has 9 nitrogen and oxygen atoms in total. The van der Waals surface area contributed by atoms with Gasteiger partial charge in [-0.1, -0.05) is 25.5 Å². The van der Waals surface area contributed by atoms with E-state index in [4.69, 9.17) is 9.47 Å². The molecule has 1 unspecified atom stereocenters. The highest BCUT2D eigenvalue weighted by molar-refractivity contribution is 6.05. The van der Waals surface area contributed by atoms with Gasteiger partial charge in [0, 0.05) is 25.7 Å². The maximum atomic E-state index is 13.5. The molecule has 0 radical (unpaired) electrons. The number of methoxy groups -OCH3 is 1. The molecule has 2 aromatic rings. The minimum Gasteiger partial charge on any atom is -0.496 e. The Morgan fingerprint density at radius 2 is 1.82 bits per heavy atom. The largest absolute Gasteiger partial charge is 0.496 e. The second-order valence-electron chi connectivity index (χ2n) is 8.21. The predicted molar refractivity (Wildman–Crippen MR) is 126 cm³/mol. The third-order valence-electron chi connectivity index (χ3n) is 5.78. The molecule has 2 amide bonds. The fraction of sp³-hybridized carbons (Fsp3) is 0.480. The zero-order valence-corrected chi connectivity index (χ0v) is 20.5. The van der Waals surface area contributed by atoms with Crippen LogP contribution in [0.25, 0.3) is 0 Å². The molecule has 0 bridgehead atoms. The van der Waals surface area contributed by atoms with E-state index < -0.39 is 5.97 Å². The van der Waals surface area contributed by atoms with Crippen molar-refractivity contribution in [1.82, 2.24) is 19.8 Å². The Hall–Kier alpha value is -3.49. The van der Waals surface area contributed by atoms with E-state index in [1.54, 1.807) is 41.8 Å². The molecule has 9 heteroatoms. The summed E-state index contributed by atoms with van der Waals surface area (Å²) in [5.41, 5.74) is 1.21. The summed E-state index contributed by atoms with van der Waals surface area (Å²) in [6.07, 6.45) is 1.30. The van der Waals surface area contributed by atoms with Crippen molar-refractivity contribution in [3.05, 3.63) is 52.6 Å². The van der Waals surface area contributed by atoms with Crippen LogP contribution in [0.15, 0.2) is 24.3 Å². The molecule has 0 saturated carbocycles. The van der Waals surface area contributed by atoms with E-state index in [0.717, 1.165) is 6.42 Å². The number of nitrogens with zero attached hydrogens (tertiary/aromatic N) is 4. The van der Waals surface area contributed by atoms with Crippen LogP contribution >= 0.6 is 0 Å². The van der Waals surface area contributed by atoms with Crippen molar-refractivity contribution in [3.63, 3.8) is 0 Å². The Labute approximate surface area is 200 Å². The minimum absolute atomic E-state index is 0.0612. The standard InChI is InChI=1S/C25H32N4O5/c1-6-10-19-21(25(32)34-7-2)22(27-17(4)26-19)24(31)28-13-14-29(16(3)15-28)23(30)18-11-8-9-12-20(18)33-5/h8-9,11-12,16H,6-7,10,13-15H2,1-5H3. The molecule has 1 fully saturated rings. The number of carbonyl (C=O) groups excluding carboxylic acids is 3. The average molecular weight is 469 g/mol. The van der Waals surface area contributed by atoms with Crippen LogP contribution in [0.5, 0.6) is 5.75 Å². The van der Waals surface area contributed by atoms with Gasteiger partial charge in [0.25, 0.3) is 11.8 Å². The van der Waals surface area contributed by atoms with Crippen LogP contribution in [0.3, 0.4) is 0 Å². The number of carbonyl (C=O) groups is 3. The second kappa shape index (κ2) is 11.1. The van der Waals surface area contributed by atoms with E-state index >= 15 is 0 Å². The lowest BCUT2D eigenvalue weighted by Gasteiger charge is -2.40. The summed E-state index contributed by atoms with van der Waals surface area (Å²) >= 11 is 0. The Kier molecular flexibility index (Phi) is 8.20. The first-order valence-electron chi connectivity index (χ1n) is 11.6. The fourth-order valence-corrected chi connectivity index (χ4v) is 4.19. The Balaban J connectivity index is 1.86. The highest BCUT2D eigenvalue weighted by Gasteiger charge is 2.34. The zero-order valence-electron chi connectivity index (χ0n) is 20.5. The van der Waals surface area contributed by atoms with Crippen LogP contribution in [0, 0.1) is 6.92 Å². The van der Waals surface area contributed by atoms with Gasteiger partial charge in [-0.25, -0.2) is 14.8 Å². The zero-order chi connectivity index (χ0) is 24.8. The van der Waals surface area contributed by atoms with E-state index in [-0.39, 0.29) is 35.7 Å². The molecule has 1 aromatic heterocycles. The number of amides is 2. The van der Waals surface area contributed by atoms with Gasteiger partial charge in [-0.05, 0) is 39.3 Å². The van der Waals surface area contributed by atoms with Crippen molar-refractivity contribution in [2.45, 2.75) is 46.6 Å². The third kappa shape index (κ3) is 5.18. The SMILES string of the molecule is CCCc1nc(C)nc(C(=O)N2CCN(C(=O)c3ccccc3OC)C(C)C2)c1C(=O)OCC. The average Bonchev–Trinajstić information content (AvgIpc) is 2.83. The van der Waals surface area contributed by atoms with E-state index in [1.165, 1.54) is 7.11 Å². The molecule has 3 rings (SSSR count). The first-order valence-corrected chi connectivity index (χ1v) is 11.6. The molecular weight excluding hydrogens is 436 g/mol. The number of hydrogen-bond donors (Lipinski definition) is 0. The van der Waals surface area contributed by atoms with Crippen LogP contribution in [0.2, 0.25) is 0 Å². The molecule has 0 spiro atoms. The van der Waals surface area contributed by atoms with E-state index in [1.807, 2.05) is 19.9 Å². The first-order chi connectivity index (χ1) is 16.3. The highest BCUT2D eigenvalue weighted by Crippen LogP contribution is 2.24. The molecular formula is C25H32N4O5. The van der Waals surface area contributed by atoms with Gasteiger partial charge in [0.1, 0.15) is 22.8 Å². The van der Waals surface area contributed by atoms with Crippen molar-refractivity contribution in [2.24, 2.45) is 0 Å². The maximum absolute atomic E-state index is 13.5. The predicted octanol–water partition coefficient (Wildman–Crippen LogP) is 2.91. The summed E-state index contributed by atoms with van der Waals surface area (Å²) in [5.74, 6) is -0.156. The van der Waals surface area contributed by atoms with Gasteiger partial charge >= 0.3 is 5.97 Å². The molecule has 0 N–H and O–H groups in total. The van der Waals surface area contributed by atoms with Crippen LogP contribution in [0.1, 0.15) is 69.9 Å². The second-order valence-corrected chi connectivity index (χ2v) is 8.21. The molecule has 0 aliphatic carbocycles. The third-order valence-corrected chi connectivity index (χ3v) is 5.78. The van der Waals surface area contributed by atoms with Crippen LogP contribution in [-0.2, 0) is 11.2 Å². The smallest absolute Gasteiger partial charge is 0.342 e. The number of para-hydroxylation sites is 1. The number of aryl methyl sites for hydroxylation is 2. The van der Waals surface area contributed by atoms with Crippen molar-refractivity contribution in [1.29, 1.82) is 0 Å². The summed E-state index contributed by atoms with van der Waals surface area (Å²) < 4.78 is 10.6. The summed E-state index contributed by atoms with van der Waals surface area (Å²) in [4.78, 5) is 51.6. The number of rotatable bonds is 7. The van der Waals surface area contributed by atoms with Gasteiger partial charge in [-0.3, -0.25) is 9.59 Å². The van der Waals surface area contributed by atoms with Gasteiger partial charge in [-0.15, -0.1) is 0 Å². The number of aromatic nitrogens is 2. The summed E-state index contributed by atoms with van der Waals surface area (Å²) in [6.45, 7) is 8.47. The summed E-state index contributed by atoms with van der Waals surface area (Å²) in [5, 5.41) is 0. The summed E-state index contributed by atoms with van der Waals surface area (Å²) in [7, 11) is 1.53. The van der Waals surface area contributed by atoms with Gasteiger partial charge in [0.2, 0.25) is 0 Å². The van der Waals surface area contributed by atoms with E-state index in [9.17, 15) is 14.4 Å². The van der Waals surface area contributed by atoms with Crippen molar-refractivity contribution >= 4 is 17.8 Å². The van der Waals surface area contributed by atoms with Gasteiger partial charge in [0.15, 0.2) is 0 Å². The molecule has 1 saturated heterocycles. The van der Waals surface area contributed by atoms with Crippen LogP contribution in [-0.4, -0.2) is 76.9 Å². The number of hydrogen-bond acceptors (Lipinski definition) is 7. The van der Waals surface area contributed by atoms with Crippen molar-refractivity contribution in [2.75, 3.05) is 33.4 Å². The lowest BCUT2D eigenvalue weighted by Crippen LogP contribution is -2.55. The number of piperazine rings is 1. The Morgan fingerprint density at radius 1 is 1.09 bits per heavy atom. The van der Waals surface area contributed by atoms with Gasteiger partial charge in [-0.2, -0.15) is 0 Å². The number of benzene rings is 1. The van der Waals surface area contributed by atoms with E-state index in [0.29, 0.717) is 48.9 Å². The highest BCUT2D eigenvalue weighted by atomic mass is 16.5. The normalized spacial score (nSPS) is 15.7. The molecule has 1 aliphatic heterocycles. The van der Waals surface area contributed by atoms with E-state index in [2.05, 4.69) is 9.97 Å². The van der Waals surface area contributed by atoms with Gasteiger partial charge < -0.3 is 19.3 Å². The monoisotopic (exact) mass is 468 g/mol. The topological polar surface area (TPSA) is 102 Å². The first kappa shape index (κ1) is 25.1. The molecule has 2 heterocycles. The van der Waals surface area contributed by atoms with Crippen molar-refractivity contribution in [3.8, 4) is 5.75 Å². The maximum Gasteiger partial charge on any atom is 0.342 e. The van der Waals surface area contributed by atoms with Gasteiger partial charge in [0.05, 0.1) is 25.0 Å². The molecule has 182 valence electrons.